The van der Waals surface area contributed by atoms with Gasteiger partial charge in [0.25, 0.3) is 0 Å². The van der Waals surface area contributed by atoms with Gasteiger partial charge in [0.05, 0.1) is 5.92 Å². The lowest BCUT2D eigenvalue weighted by Crippen LogP contribution is -2.34. The van der Waals surface area contributed by atoms with Crippen molar-refractivity contribution < 1.29 is 13.2 Å². The second-order valence-electron chi connectivity index (χ2n) is 5.06. The molecule has 1 aromatic heterocycles. The molecule has 0 saturated heterocycles. The summed E-state index contributed by atoms with van der Waals surface area (Å²) < 4.78 is 40.4. The third kappa shape index (κ3) is 6.93. The quantitative estimate of drug-likeness (QED) is 0.667. The standard InChI is InChI=1S/C14H24F3N3/c1-2-3-4-8-18-12-13(14(15,16)17)7-5-10-20-11-6-9-19-20/h6,9,11,13,18H,2-5,7-8,10,12H2,1H3. The molecule has 0 fully saturated rings. The smallest absolute Gasteiger partial charge is 0.316 e. The van der Waals surface area contributed by atoms with Crippen molar-refractivity contribution in [2.75, 3.05) is 13.1 Å². The Hall–Kier alpha value is -1.04. The van der Waals surface area contributed by atoms with Crippen molar-refractivity contribution >= 4 is 0 Å². The van der Waals surface area contributed by atoms with Gasteiger partial charge in [-0.1, -0.05) is 19.8 Å². The molecule has 0 spiro atoms. The van der Waals surface area contributed by atoms with E-state index in [4.69, 9.17) is 0 Å². The second-order valence-corrected chi connectivity index (χ2v) is 5.06. The average Bonchev–Trinajstić information content (AvgIpc) is 2.88. The molecule has 3 nitrogen and oxygen atoms in total. The zero-order valence-corrected chi connectivity index (χ0v) is 12.0. The fourth-order valence-electron chi connectivity index (χ4n) is 2.09. The Bertz CT molecular complexity index is 336. The van der Waals surface area contributed by atoms with Crippen LogP contribution in [0.2, 0.25) is 0 Å². The van der Waals surface area contributed by atoms with Crippen molar-refractivity contribution in [3.8, 4) is 0 Å². The van der Waals surface area contributed by atoms with E-state index in [-0.39, 0.29) is 13.0 Å². The molecule has 1 rings (SSSR count). The van der Waals surface area contributed by atoms with Gasteiger partial charge < -0.3 is 5.32 Å². The molecule has 1 atom stereocenters. The van der Waals surface area contributed by atoms with Crippen LogP contribution < -0.4 is 5.32 Å². The van der Waals surface area contributed by atoms with E-state index >= 15 is 0 Å². The van der Waals surface area contributed by atoms with Crippen molar-refractivity contribution in [3.63, 3.8) is 0 Å². The molecule has 0 aliphatic heterocycles. The number of hydrogen-bond donors (Lipinski definition) is 1. The SMILES string of the molecule is CCCCCNCC(CCCn1cccn1)C(F)(F)F. The molecule has 116 valence electrons. The van der Waals surface area contributed by atoms with Gasteiger partial charge in [0.2, 0.25) is 0 Å². The Labute approximate surface area is 118 Å². The Balaban J connectivity index is 2.25. The Morgan fingerprint density at radius 2 is 2.05 bits per heavy atom. The number of aryl methyl sites for hydroxylation is 1. The number of aromatic nitrogens is 2. The largest absolute Gasteiger partial charge is 0.393 e. The first-order valence-electron chi connectivity index (χ1n) is 7.29. The van der Waals surface area contributed by atoms with Crippen LogP contribution in [0.3, 0.4) is 0 Å². The van der Waals surface area contributed by atoms with Crippen LogP contribution in [0.15, 0.2) is 18.5 Å². The zero-order chi connectivity index (χ0) is 14.8. The summed E-state index contributed by atoms with van der Waals surface area (Å²) in [6.07, 6.45) is 2.99. The third-order valence-corrected chi connectivity index (χ3v) is 3.31. The summed E-state index contributed by atoms with van der Waals surface area (Å²) in [5, 5.41) is 6.92. The Morgan fingerprint density at radius 1 is 1.25 bits per heavy atom. The summed E-state index contributed by atoms with van der Waals surface area (Å²) in [6, 6.07) is 1.77. The number of nitrogens with zero attached hydrogens (tertiary/aromatic N) is 2. The van der Waals surface area contributed by atoms with E-state index in [2.05, 4.69) is 17.3 Å². The van der Waals surface area contributed by atoms with Crippen molar-refractivity contribution in [3.05, 3.63) is 18.5 Å². The molecule has 0 bridgehead atoms. The zero-order valence-electron chi connectivity index (χ0n) is 12.0. The van der Waals surface area contributed by atoms with E-state index in [0.29, 0.717) is 19.5 Å². The molecule has 0 saturated carbocycles. The third-order valence-electron chi connectivity index (χ3n) is 3.31. The molecule has 1 aromatic rings. The number of nitrogens with one attached hydrogen (secondary N) is 1. The summed E-state index contributed by atoms with van der Waals surface area (Å²) in [6.45, 7) is 3.30. The van der Waals surface area contributed by atoms with Gasteiger partial charge in [0, 0.05) is 25.5 Å². The van der Waals surface area contributed by atoms with Crippen LogP contribution in [0.1, 0.15) is 39.0 Å². The van der Waals surface area contributed by atoms with E-state index in [9.17, 15) is 13.2 Å². The summed E-state index contributed by atoms with van der Waals surface area (Å²) in [7, 11) is 0. The maximum absolute atomic E-state index is 12.9. The van der Waals surface area contributed by atoms with Gasteiger partial charge in [-0.2, -0.15) is 18.3 Å². The molecule has 0 radical (unpaired) electrons. The fourth-order valence-corrected chi connectivity index (χ4v) is 2.09. The van der Waals surface area contributed by atoms with Gasteiger partial charge >= 0.3 is 6.18 Å². The molecule has 1 N–H and O–H groups in total. The molecule has 1 unspecified atom stereocenters. The summed E-state index contributed by atoms with van der Waals surface area (Å²) in [5.74, 6) is -1.26. The minimum atomic E-state index is -4.12. The van der Waals surface area contributed by atoms with Crippen molar-refractivity contribution in [1.82, 2.24) is 15.1 Å². The lowest BCUT2D eigenvalue weighted by Gasteiger charge is -2.20. The average molecular weight is 291 g/mol. The van der Waals surface area contributed by atoms with E-state index in [1.165, 1.54) is 0 Å². The Kier molecular flexibility index (Phi) is 7.65. The molecule has 0 aliphatic carbocycles. The molecular weight excluding hydrogens is 267 g/mol. The first kappa shape index (κ1) is 17.0. The van der Waals surface area contributed by atoms with E-state index in [0.717, 1.165) is 19.3 Å². The van der Waals surface area contributed by atoms with Crippen molar-refractivity contribution in [2.24, 2.45) is 5.92 Å². The number of halogens is 3. The lowest BCUT2D eigenvalue weighted by atomic mass is 10.0. The van der Waals surface area contributed by atoms with Crippen LogP contribution in [0, 0.1) is 5.92 Å². The van der Waals surface area contributed by atoms with Gasteiger partial charge in [0.1, 0.15) is 0 Å². The second kappa shape index (κ2) is 9.00. The van der Waals surface area contributed by atoms with Crippen LogP contribution in [0.25, 0.3) is 0 Å². The number of rotatable bonds is 10. The van der Waals surface area contributed by atoms with Crippen molar-refractivity contribution in [1.29, 1.82) is 0 Å². The molecule has 0 amide bonds. The van der Waals surface area contributed by atoms with Crippen LogP contribution in [0.4, 0.5) is 13.2 Å². The molecule has 0 aromatic carbocycles. The van der Waals surface area contributed by atoms with E-state index in [1.807, 2.05) is 0 Å². The van der Waals surface area contributed by atoms with Gasteiger partial charge in [-0.3, -0.25) is 4.68 Å². The molecule has 1 heterocycles. The lowest BCUT2D eigenvalue weighted by molar-refractivity contribution is -0.175. The number of unbranched alkanes of at least 4 members (excludes halogenated alkanes) is 2. The van der Waals surface area contributed by atoms with Gasteiger partial charge in [-0.05, 0) is 31.9 Å². The van der Waals surface area contributed by atoms with Crippen molar-refractivity contribution in [2.45, 2.75) is 51.7 Å². The topological polar surface area (TPSA) is 29.9 Å². The molecule has 0 aliphatic rings. The maximum atomic E-state index is 12.9. The number of alkyl halides is 3. The molecular formula is C14H24F3N3. The van der Waals surface area contributed by atoms with Gasteiger partial charge in [-0.25, -0.2) is 0 Å². The van der Waals surface area contributed by atoms with Gasteiger partial charge in [0.15, 0.2) is 0 Å². The van der Waals surface area contributed by atoms with Crippen LogP contribution >= 0.6 is 0 Å². The number of hydrogen-bond acceptors (Lipinski definition) is 2. The minimum Gasteiger partial charge on any atom is -0.316 e. The first-order chi connectivity index (χ1) is 9.54. The highest BCUT2D eigenvalue weighted by Gasteiger charge is 2.38. The summed E-state index contributed by atoms with van der Waals surface area (Å²) >= 11 is 0. The summed E-state index contributed by atoms with van der Waals surface area (Å²) in [4.78, 5) is 0. The van der Waals surface area contributed by atoms with Crippen LogP contribution in [0.5, 0.6) is 0 Å². The van der Waals surface area contributed by atoms with Crippen LogP contribution in [-0.2, 0) is 6.54 Å². The minimum absolute atomic E-state index is 0.0202. The normalized spacial score (nSPS) is 13.6. The predicted octanol–water partition coefficient (Wildman–Crippen LogP) is 3.62. The Morgan fingerprint density at radius 3 is 2.65 bits per heavy atom. The van der Waals surface area contributed by atoms with E-state index < -0.39 is 12.1 Å². The predicted molar refractivity (Wildman–Crippen MR) is 73.4 cm³/mol. The van der Waals surface area contributed by atoms with E-state index in [1.54, 1.807) is 23.1 Å². The highest BCUT2D eigenvalue weighted by atomic mass is 19.4. The molecule has 20 heavy (non-hydrogen) atoms. The van der Waals surface area contributed by atoms with Gasteiger partial charge in [-0.15, -0.1) is 0 Å². The highest BCUT2D eigenvalue weighted by Crippen LogP contribution is 2.29. The van der Waals surface area contributed by atoms with Crippen LogP contribution in [-0.4, -0.2) is 29.0 Å². The molecule has 6 heteroatoms. The maximum Gasteiger partial charge on any atom is 0.393 e. The highest BCUT2D eigenvalue weighted by molar-refractivity contribution is 4.78. The monoisotopic (exact) mass is 291 g/mol. The summed E-state index contributed by atoms with van der Waals surface area (Å²) in [5.41, 5.74) is 0. The fraction of sp³-hybridized carbons (Fsp3) is 0.786. The first-order valence-corrected chi connectivity index (χ1v) is 7.29.